The molecule has 0 saturated carbocycles. The molecule has 0 bridgehead atoms. The summed E-state index contributed by atoms with van der Waals surface area (Å²) in [6, 6.07) is 31.0. The number of likely N-dealkylation sites (N-methyl/N-ethyl adjacent to an activating group) is 2. The minimum absolute atomic E-state index is 0.0386. The van der Waals surface area contributed by atoms with Crippen LogP contribution in [0.15, 0.2) is 78.9 Å². The number of hydrogen-bond donors (Lipinski definition) is 0. The number of carbonyl (C=O) groups is 2. The van der Waals surface area contributed by atoms with E-state index >= 15 is 0 Å². The van der Waals surface area contributed by atoms with Crippen LogP contribution in [0.1, 0.15) is 90.2 Å². The zero-order valence-electron chi connectivity index (χ0n) is 43.5. The summed E-state index contributed by atoms with van der Waals surface area (Å²) in [4.78, 5) is 29.0. The summed E-state index contributed by atoms with van der Waals surface area (Å²) in [5, 5.41) is 22.6. The van der Waals surface area contributed by atoms with Gasteiger partial charge in [-0.25, -0.2) is 4.79 Å². The van der Waals surface area contributed by atoms with Crippen molar-refractivity contribution >= 4 is 11.9 Å². The fourth-order valence-corrected chi connectivity index (χ4v) is 9.40. The molecule has 0 fully saturated rings. The van der Waals surface area contributed by atoms with Gasteiger partial charge in [0.05, 0.1) is 77.1 Å². The molecule has 70 heavy (non-hydrogen) atoms. The molecule has 4 aromatic rings. The number of methoxy groups -OCH3 is 6. The number of rotatable bonds is 30. The second-order valence-corrected chi connectivity index (χ2v) is 18.6. The standard InChI is InChI=1S/C57H76N4O9/c1-41(2)56(39-58,24-14-26-60(4)29-23-44-17-13-19-46(34-44)55(63)70-31-30-64-6)49-36-47(54(69-11)52(38-49)67-9)32-42(3)57(40-59,48-20-21-50(65-7)51(37-48)66-8)25-15-27-61(5)28-22-43-16-12-18-45(33-43)35-53(62)68-10/h12-13,16-21,33-34,36-38,41-42H,14-15,22-32,35H2,1-11H3. The van der Waals surface area contributed by atoms with E-state index in [-0.39, 0.29) is 36.8 Å². The van der Waals surface area contributed by atoms with E-state index in [2.05, 4.69) is 75.0 Å². The minimum atomic E-state index is -0.958. The molecule has 0 saturated heterocycles. The van der Waals surface area contributed by atoms with Gasteiger partial charge in [-0.3, -0.25) is 4.79 Å². The smallest absolute Gasteiger partial charge is 0.338 e. The summed E-state index contributed by atoms with van der Waals surface area (Å²) in [5.41, 5.74) is 4.37. The van der Waals surface area contributed by atoms with E-state index in [4.69, 9.17) is 33.2 Å². The number of benzene rings is 4. The average molecular weight is 961 g/mol. The van der Waals surface area contributed by atoms with Crippen LogP contribution in [0.4, 0.5) is 0 Å². The molecule has 0 radical (unpaired) electrons. The summed E-state index contributed by atoms with van der Waals surface area (Å²) in [5.74, 6) is 1.34. The third-order valence-corrected chi connectivity index (χ3v) is 13.8. The van der Waals surface area contributed by atoms with Gasteiger partial charge in [0.15, 0.2) is 23.0 Å². The largest absolute Gasteiger partial charge is 0.493 e. The molecule has 378 valence electrons. The molecule has 3 unspecified atom stereocenters. The molecule has 0 aromatic heterocycles. The first-order valence-corrected chi connectivity index (χ1v) is 24.2. The molecule has 0 aliphatic rings. The van der Waals surface area contributed by atoms with Crippen molar-refractivity contribution < 1.29 is 42.7 Å². The van der Waals surface area contributed by atoms with Crippen LogP contribution in [0.3, 0.4) is 0 Å². The molecule has 0 spiro atoms. The van der Waals surface area contributed by atoms with Gasteiger partial charge in [0.2, 0.25) is 0 Å². The molecule has 0 aliphatic carbocycles. The van der Waals surface area contributed by atoms with Crippen LogP contribution in [0.5, 0.6) is 23.0 Å². The Morgan fingerprint density at radius 1 is 0.629 bits per heavy atom. The maximum absolute atomic E-state index is 12.5. The number of nitriles is 2. The Balaban J connectivity index is 1.58. The summed E-state index contributed by atoms with van der Waals surface area (Å²) >= 11 is 0. The number of esters is 2. The average Bonchev–Trinajstić information content (AvgIpc) is 3.37. The van der Waals surface area contributed by atoms with Crippen molar-refractivity contribution in [2.45, 2.75) is 83.0 Å². The van der Waals surface area contributed by atoms with E-state index in [0.29, 0.717) is 54.4 Å². The first-order valence-electron chi connectivity index (χ1n) is 24.2. The van der Waals surface area contributed by atoms with Gasteiger partial charge in [-0.2, -0.15) is 10.5 Å². The summed E-state index contributed by atoms with van der Waals surface area (Å²) in [6.45, 7) is 9.94. The number of ether oxygens (including phenoxy) is 7. The molecule has 13 nitrogen and oxygen atoms in total. The molecule has 0 aliphatic heterocycles. The normalized spacial score (nSPS) is 13.4. The third kappa shape index (κ3) is 14.9. The van der Waals surface area contributed by atoms with Gasteiger partial charge in [0, 0.05) is 20.2 Å². The Labute approximate surface area is 417 Å². The van der Waals surface area contributed by atoms with Crippen molar-refractivity contribution in [2.24, 2.45) is 11.8 Å². The van der Waals surface area contributed by atoms with E-state index in [9.17, 15) is 20.1 Å². The molecule has 4 aromatic carbocycles. The molecular weight excluding hydrogens is 885 g/mol. The maximum Gasteiger partial charge on any atom is 0.338 e. The van der Waals surface area contributed by atoms with Crippen molar-refractivity contribution in [3.8, 4) is 35.1 Å². The number of hydrogen-bond acceptors (Lipinski definition) is 13. The highest BCUT2D eigenvalue weighted by molar-refractivity contribution is 5.89. The fourth-order valence-electron chi connectivity index (χ4n) is 9.40. The minimum Gasteiger partial charge on any atom is -0.493 e. The monoisotopic (exact) mass is 961 g/mol. The fraction of sp³-hybridized carbons (Fsp3) is 0.509. The van der Waals surface area contributed by atoms with Gasteiger partial charge in [-0.15, -0.1) is 0 Å². The van der Waals surface area contributed by atoms with Gasteiger partial charge < -0.3 is 43.0 Å². The van der Waals surface area contributed by atoms with E-state index in [1.165, 1.54) is 7.11 Å². The van der Waals surface area contributed by atoms with Crippen LogP contribution in [0.25, 0.3) is 0 Å². The van der Waals surface area contributed by atoms with Crippen molar-refractivity contribution in [1.82, 2.24) is 9.80 Å². The first-order chi connectivity index (χ1) is 33.7. The lowest BCUT2D eigenvalue weighted by Gasteiger charge is -2.36. The molecular formula is C57H76N4O9. The van der Waals surface area contributed by atoms with E-state index in [0.717, 1.165) is 85.2 Å². The zero-order chi connectivity index (χ0) is 51.3. The molecule has 4 rings (SSSR count). The Kier molecular flexibility index (Phi) is 22.5. The Bertz CT molecular complexity index is 2390. The van der Waals surface area contributed by atoms with Gasteiger partial charge in [0.1, 0.15) is 6.61 Å². The summed E-state index contributed by atoms with van der Waals surface area (Å²) < 4.78 is 38.7. The van der Waals surface area contributed by atoms with Gasteiger partial charge in [0.25, 0.3) is 0 Å². The molecule has 13 heteroatoms. The second kappa shape index (κ2) is 27.9. The van der Waals surface area contributed by atoms with Gasteiger partial charge >= 0.3 is 11.9 Å². The van der Waals surface area contributed by atoms with Crippen LogP contribution in [0.2, 0.25) is 0 Å². The lowest BCUT2D eigenvalue weighted by Crippen LogP contribution is -2.35. The third-order valence-electron chi connectivity index (χ3n) is 13.8. The van der Waals surface area contributed by atoms with E-state index in [1.807, 2.05) is 54.6 Å². The molecule has 0 N–H and O–H groups in total. The highest BCUT2D eigenvalue weighted by Gasteiger charge is 2.41. The van der Waals surface area contributed by atoms with Gasteiger partial charge in [-0.1, -0.05) is 69.3 Å². The maximum atomic E-state index is 12.5. The lowest BCUT2D eigenvalue weighted by atomic mass is 9.66. The molecule has 0 amide bonds. The van der Waals surface area contributed by atoms with Crippen LogP contribution in [-0.4, -0.2) is 118 Å². The number of carbonyl (C=O) groups excluding carboxylic acids is 2. The SMILES string of the molecule is COCCOC(=O)c1cccc(CCN(C)CCCC(C#N)(c2cc(CC(C)C(C#N)(CCCN(C)CCc3cccc(CC(=O)OC)c3)c3ccc(OC)c(OC)c3)c(OC)c(OC)c2)C(C)C)c1. The van der Waals surface area contributed by atoms with Crippen LogP contribution < -0.4 is 18.9 Å². The van der Waals surface area contributed by atoms with Crippen molar-refractivity contribution in [2.75, 3.05) is 96.1 Å². The van der Waals surface area contributed by atoms with Crippen LogP contribution >= 0.6 is 0 Å². The zero-order valence-corrected chi connectivity index (χ0v) is 43.5. The summed E-state index contributed by atoms with van der Waals surface area (Å²) in [7, 11) is 13.6. The quantitative estimate of drug-likeness (QED) is 0.0361. The van der Waals surface area contributed by atoms with Crippen molar-refractivity contribution in [3.05, 3.63) is 118 Å². The van der Waals surface area contributed by atoms with E-state index in [1.54, 1.807) is 41.6 Å². The summed E-state index contributed by atoms with van der Waals surface area (Å²) in [6.07, 6.45) is 4.93. The van der Waals surface area contributed by atoms with E-state index < -0.39 is 10.8 Å². The molecule has 0 heterocycles. The van der Waals surface area contributed by atoms with Crippen molar-refractivity contribution in [1.29, 1.82) is 10.5 Å². The highest BCUT2D eigenvalue weighted by atomic mass is 16.6. The van der Waals surface area contributed by atoms with Crippen LogP contribution in [-0.2, 0) is 55.5 Å². The Hall–Kier alpha value is -6.12. The number of nitrogens with zero attached hydrogens (tertiary/aromatic N) is 4. The predicted molar refractivity (Wildman–Crippen MR) is 273 cm³/mol. The Morgan fingerprint density at radius 3 is 1.79 bits per heavy atom. The molecule has 3 atom stereocenters. The first kappa shape index (κ1) is 56.5. The van der Waals surface area contributed by atoms with Gasteiger partial charge in [-0.05, 0) is 148 Å². The van der Waals surface area contributed by atoms with Crippen LogP contribution in [0, 0.1) is 34.5 Å². The topological polar surface area (TPSA) is 153 Å². The Morgan fingerprint density at radius 2 is 1.21 bits per heavy atom. The highest BCUT2D eigenvalue weighted by Crippen LogP contribution is 2.46. The lowest BCUT2D eigenvalue weighted by molar-refractivity contribution is -0.139. The van der Waals surface area contributed by atoms with Crippen molar-refractivity contribution in [3.63, 3.8) is 0 Å². The second-order valence-electron chi connectivity index (χ2n) is 18.6. The predicted octanol–water partition coefficient (Wildman–Crippen LogP) is 9.21.